The molecule has 5 heteroatoms. The molecule has 1 unspecified atom stereocenters. The summed E-state index contributed by atoms with van der Waals surface area (Å²) in [5.41, 5.74) is 2.19. The van der Waals surface area contributed by atoms with E-state index in [1.54, 1.807) is 33.9 Å². The molecule has 1 aromatic heterocycles. The van der Waals surface area contributed by atoms with E-state index in [1.165, 1.54) is 0 Å². The molecule has 1 aromatic carbocycles. The number of benzene rings is 1. The van der Waals surface area contributed by atoms with E-state index in [9.17, 15) is 0 Å². The van der Waals surface area contributed by atoms with Crippen molar-refractivity contribution >= 4 is 0 Å². The molecule has 2 aromatic rings. The van der Waals surface area contributed by atoms with Gasteiger partial charge in [0.15, 0.2) is 11.5 Å². The van der Waals surface area contributed by atoms with Gasteiger partial charge in [0.25, 0.3) is 0 Å². The second-order valence-corrected chi connectivity index (χ2v) is 4.64. The van der Waals surface area contributed by atoms with Crippen molar-refractivity contribution in [1.29, 1.82) is 0 Å². The maximum Gasteiger partial charge on any atom is 0.203 e. The number of nitrogens with one attached hydrogen (secondary N) is 1. The van der Waals surface area contributed by atoms with Gasteiger partial charge >= 0.3 is 0 Å². The Kier molecular flexibility index (Phi) is 5.11. The molecule has 1 atom stereocenters. The minimum Gasteiger partial charge on any atom is -0.493 e. The molecule has 0 spiro atoms. The summed E-state index contributed by atoms with van der Waals surface area (Å²) in [7, 11) is 6.76. The number of ether oxygens (including phenoxy) is 3. The van der Waals surface area contributed by atoms with Crippen LogP contribution in [0.5, 0.6) is 17.2 Å². The summed E-state index contributed by atoms with van der Waals surface area (Å²) in [5.74, 6) is 1.90. The lowest BCUT2D eigenvalue weighted by Crippen LogP contribution is -2.19. The van der Waals surface area contributed by atoms with Gasteiger partial charge in [-0.2, -0.15) is 0 Å². The first-order chi connectivity index (χ1) is 10.2. The highest BCUT2D eigenvalue weighted by Gasteiger charge is 2.18. The van der Waals surface area contributed by atoms with Crippen LogP contribution in [0.25, 0.3) is 0 Å². The molecular formula is C16H21NO4. The van der Waals surface area contributed by atoms with E-state index >= 15 is 0 Å². The van der Waals surface area contributed by atoms with Gasteiger partial charge in [0, 0.05) is 6.04 Å². The van der Waals surface area contributed by atoms with Crippen molar-refractivity contribution in [2.75, 3.05) is 28.4 Å². The van der Waals surface area contributed by atoms with E-state index in [0.717, 1.165) is 17.5 Å². The Morgan fingerprint density at radius 3 is 2.19 bits per heavy atom. The molecule has 0 aliphatic rings. The van der Waals surface area contributed by atoms with Crippen LogP contribution in [0.3, 0.4) is 0 Å². The van der Waals surface area contributed by atoms with Crippen molar-refractivity contribution in [2.45, 2.75) is 12.5 Å². The monoisotopic (exact) mass is 291 g/mol. The Hall–Kier alpha value is -2.14. The molecule has 0 aliphatic heterocycles. The molecule has 21 heavy (non-hydrogen) atoms. The third-order valence-electron chi connectivity index (χ3n) is 3.46. The average Bonchev–Trinajstić information content (AvgIpc) is 3.04. The van der Waals surface area contributed by atoms with E-state index in [-0.39, 0.29) is 6.04 Å². The zero-order valence-corrected chi connectivity index (χ0v) is 12.8. The zero-order valence-electron chi connectivity index (χ0n) is 12.8. The van der Waals surface area contributed by atoms with E-state index in [2.05, 4.69) is 5.32 Å². The Morgan fingerprint density at radius 1 is 1.10 bits per heavy atom. The minimum atomic E-state index is 0.122. The normalized spacial score (nSPS) is 12.0. The fraction of sp³-hybridized carbons (Fsp3) is 0.375. The number of rotatable bonds is 7. The van der Waals surface area contributed by atoms with Crippen LogP contribution in [0.2, 0.25) is 0 Å². The molecule has 0 saturated heterocycles. The lowest BCUT2D eigenvalue weighted by Gasteiger charge is -2.20. The summed E-state index contributed by atoms with van der Waals surface area (Å²) in [6.45, 7) is 0. The molecule has 1 heterocycles. The van der Waals surface area contributed by atoms with E-state index < -0.39 is 0 Å². The van der Waals surface area contributed by atoms with Crippen LogP contribution in [-0.2, 0) is 6.42 Å². The number of hydrogen-bond acceptors (Lipinski definition) is 5. The molecule has 114 valence electrons. The van der Waals surface area contributed by atoms with Crippen LogP contribution in [0, 0.1) is 0 Å². The van der Waals surface area contributed by atoms with E-state index in [4.69, 9.17) is 18.6 Å². The van der Waals surface area contributed by atoms with E-state index in [0.29, 0.717) is 17.2 Å². The van der Waals surface area contributed by atoms with Gasteiger partial charge in [0.05, 0.1) is 33.9 Å². The predicted octanol–water partition coefficient (Wildman–Crippen LogP) is 2.81. The third kappa shape index (κ3) is 3.31. The van der Waals surface area contributed by atoms with Crippen molar-refractivity contribution in [3.05, 3.63) is 41.9 Å². The molecule has 0 bridgehead atoms. The molecule has 0 saturated carbocycles. The first-order valence-corrected chi connectivity index (χ1v) is 6.71. The minimum absolute atomic E-state index is 0.122. The summed E-state index contributed by atoms with van der Waals surface area (Å²) >= 11 is 0. The van der Waals surface area contributed by atoms with Crippen LogP contribution >= 0.6 is 0 Å². The van der Waals surface area contributed by atoms with Crippen molar-refractivity contribution in [2.24, 2.45) is 0 Å². The van der Waals surface area contributed by atoms with Gasteiger partial charge in [-0.3, -0.25) is 0 Å². The van der Waals surface area contributed by atoms with Gasteiger partial charge in [-0.05, 0) is 42.8 Å². The summed E-state index contributed by atoms with van der Waals surface area (Å²) in [5, 5.41) is 3.30. The fourth-order valence-corrected chi connectivity index (χ4v) is 2.33. The average molecular weight is 291 g/mol. The fourth-order valence-electron chi connectivity index (χ4n) is 2.33. The van der Waals surface area contributed by atoms with Gasteiger partial charge in [0.2, 0.25) is 5.75 Å². The van der Waals surface area contributed by atoms with Crippen LogP contribution in [0.1, 0.15) is 17.2 Å². The van der Waals surface area contributed by atoms with Crippen LogP contribution < -0.4 is 19.5 Å². The smallest absolute Gasteiger partial charge is 0.203 e. The second kappa shape index (κ2) is 7.04. The summed E-state index contributed by atoms with van der Waals surface area (Å²) in [4.78, 5) is 0. The van der Waals surface area contributed by atoms with Crippen molar-refractivity contribution in [1.82, 2.24) is 5.32 Å². The lowest BCUT2D eigenvalue weighted by atomic mass is 9.99. The van der Waals surface area contributed by atoms with E-state index in [1.807, 2.05) is 25.2 Å². The highest BCUT2D eigenvalue weighted by molar-refractivity contribution is 5.54. The molecule has 5 nitrogen and oxygen atoms in total. The molecule has 0 aliphatic carbocycles. The first-order valence-electron chi connectivity index (χ1n) is 6.71. The van der Waals surface area contributed by atoms with Crippen LogP contribution in [0.15, 0.2) is 35.1 Å². The van der Waals surface area contributed by atoms with Crippen LogP contribution in [-0.4, -0.2) is 28.4 Å². The van der Waals surface area contributed by atoms with Gasteiger partial charge in [0.1, 0.15) is 0 Å². The first kappa shape index (κ1) is 15.3. The maximum atomic E-state index is 5.40. The Labute approximate surface area is 124 Å². The van der Waals surface area contributed by atoms with Gasteiger partial charge in [-0.25, -0.2) is 0 Å². The summed E-state index contributed by atoms with van der Waals surface area (Å²) < 4.78 is 21.3. The van der Waals surface area contributed by atoms with Gasteiger partial charge in [-0.15, -0.1) is 0 Å². The summed E-state index contributed by atoms with van der Waals surface area (Å²) in [6, 6.07) is 6.00. The molecule has 1 N–H and O–H groups in total. The van der Waals surface area contributed by atoms with Crippen LogP contribution in [0.4, 0.5) is 0 Å². The standard InChI is InChI=1S/C16H21NO4/c1-17-13(7-11-5-6-21-10-11)12-8-14(18-2)16(20-4)15(9-12)19-3/h5-6,8-10,13,17H,7H2,1-4H3. The topological polar surface area (TPSA) is 52.9 Å². The predicted molar refractivity (Wildman–Crippen MR) is 80.3 cm³/mol. The highest BCUT2D eigenvalue weighted by atomic mass is 16.5. The largest absolute Gasteiger partial charge is 0.493 e. The molecule has 0 radical (unpaired) electrons. The quantitative estimate of drug-likeness (QED) is 0.850. The van der Waals surface area contributed by atoms with Crippen molar-refractivity contribution in [3.63, 3.8) is 0 Å². The van der Waals surface area contributed by atoms with Gasteiger partial charge < -0.3 is 23.9 Å². The molecule has 0 fully saturated rings. The number of furan rings is 1. The Bertz CT molecular complexity index is 541. The van der Waals surface area contributed by atoms with Crippen molar-refractivity contribution < 1.29 is 18.6 Å². The molecular weight excluding hydrogens is 270 g/mol. The third-order valence-corrected chi connectivity index (χ3v) is 3.46. The summed E-state index contributed by atoms with van der Waals surface area (Å²) in [6.07, 6.45) is 4.24. The Balaban J connectivity index is 2.36. The lowest BCUT2D eigenvalue weighted by molar-refractivity contribution is 0.323. The van der Waals surface area contributed by atoms with Crippen molar-refractivity contribution in [3.8, 4) is 17.2 Å². The molecule has 2 rings (SSSR count). The zero-order chi connectivity index (χ0) is 15.2. The number of likely N-dealkylation sites (N-methyl/N-ethyl adjacent to an activating group) is 1. The second-order valence-electron chi connectivity index (χ2n) is 4.64. The highest BCUT2D eigenvalue weighted by Crippen LogP contribution is 2.40. The number of hydrogen-bond donors (Lipinski definition) is 1. The van der Waals surface area contributed by atoms with Gasteiger partial charge in [-0.1, -0.05) is 0 Å². The number of methoxy groups -OCH3 is 3. The molecule has 0 amide bonds. The SMILES string of the molecule is CNC(Cc1ccoc1)c1cc(OC)c(OC)c(OC)c1. The Morgan fingerprint density at radius 2 is 1.76 bits per heavy atom. The maximum absolute atomic E-state index is 5.40.